The molecule has 0 saturated heterocycles. The summed E-state index contributed by atoms with van der Waals surface area (Å²) in [7, 11) is 0. The Bertz CT molecular complexity index is 1330. The Kier molecular flexibility index (Phi) is 6.32. The van der Waals surface area contributed by atoms with Gasteiger partial charge in [-0.1, -0.05) is 18.2 Å². The molecule has 2 aromatic carbocycles. The van der Waals surface area contributed by atoms with Crippen molar-refractivity contribution in [3.8, 4) is 0 Å². The topological polar surface area (TPSA) is 61.0 Å². The lowest BCUT2D eigenvalue weighted by atomic mass is 10.0. The summed E-state index contributed by atoms with van der Waals surface area (Å²) in [6.45, 7) is 7.09. The van der Waals surface area contributed by atoms with Crippen LogP contribution >= 0.6 is 12.2 Å². The standard InChI is InChI=1S/C26H26N4OS/c1-17-6-4-8-23(10-17)28-26(32)30(15-20-7-5-9-27-14-20)16-22-13-21-11-18(2)19(3)12-24(21)29-25(22)31/h4-14H,15-16H2,1-3H3,(H,28,32)(H,29,31). The lowest BCUT2D eigenvalue weighted by Gasteiger charge is -2.26. The van der Waals surface area contributed by atoms with E-state index in [0.717, 1.165) is 33.3 Å². The van der Waals surface area contributed by atoms with Crippen molar-refractivity contribution in [2.24, 2.45) is 0 Å². The number of rotatable bonds is 5. The van der Waals surface area contributed by atoms with Gasteiger partial charge in [-0.15, -0.1) is 0 Å². The average molecular weight is 443 g/mol. The predicted molar refractivity (Wildman–Crippen MR) is 135 cm³/mol. The maximum absolute atomic E-state index is 12.9. The number of aromatic amines is 1. The highest BCUT2D eigenvalue weighted by molar-refractivity contribution is 7.80. The van der Waals surface area contributed by atoms with Crippen molar-refractivity contribution in [1.29, 1.82) is 0 Å². The number of aryl methyl sites for hydroxylation is 3. The van der Waals surface area contributed by atoms with Crippen molar-refractivity contribution in [3.05, 3.63) is 105 Å². The second-order valence-corrected chi connectivity index (χ2v) is 8.55. The minimum Gasteiger partial charge on any atom is -0.340 e. The molecule has 0 aliphatic heterocycles. The molecular formula is C26H26N4OS. The maximum atomic E-state index is 12.9. The first-order chi connectivity index (χ1) is 15.4. The van der Waals surface area contributed by atoms with Gasteiger partial charge in [-0.25, -0.2) is 0 Å². The number of nitrogens with zero attached hydrogens (tertiary/aromatic N) is 2. The highest BCUT2D eigenvalue weighted by Crippen LogP contribution is 2.19. The first-order valence-corrected chi connectivity index (χ1v) is 10.9. The van der Waals surface area contributed by atoms with Crippen molar-refractivity contribution in [3.63, 3.8) is 0 Å². The van der Waals surface area contributed by atoms with Gasteiger partial charge in [0.05, 0.1) is 6.54 Å². The molecule has 162 valence electrons. The molecule has 0 fully saturated rings. The van der Waals surface area contributed by atoms with Crippen molar-refractivity contribution >= 4 is 33.9 Å². The number of H-pyrrole nitrogens is 1. The third-order valence-electron chi connectivity index (χ3n) is 5.55. The van der Waals surface area contributed by atoms with Crippen LogP contribution in [0.25, 0.3) is 10.9 Å². The molecular weight excluding hydrogens is 416 g/mol. The zero-order valence-electron chi connectivity index (χ0n) is 18.5. The number of fused-ring (bicyclic) bond motifs is 1. The first-order valence-electron chi connectivity index (χ1n) is 10.5. The van der Waals surface area contributed by atoms with E-state index in [1.165, 1.54) is 5.56 Å². The average Bonchev–Trinajstić information content (AvgIpc) is 2.76. The summed E-state index contributed by atoms with van der Waals surface area (Å²) in [5.74, 6) is 0. The first kappa shape index (κ1) is 21.7. The van der Waals surface area contributed by atoms with E-state index in [1.807, 2.05) is 73.5 Å². The molecule has 0 radical (unpaired) electrons. The SMILES string of the molecule is Cc1cccc(NC(=S)N(Cc2cccnc2)Cc2cc3cc(C)c(C)cc3[nH]c2=O)c1. The van der Waals surface area contributed by atoms with E-state index < -0.39 is 0 Å². The molecule has 0 spiro atoms. The summed E-state index contributed by atoms with van der Waals surface area (Å²) in [5.41, 5.74) is 6.85. The van der Waals surface area contributed by atoms with Crippen LogP contribution in [0, 0.1) is 20.8 Å². The van der Waals surface area contributed by atoms with Crippen LogP contribution in [-0.4, -0.2) is 20.0 Å². The Morgan fingerprint density at radius 3 is 2.59 bits per heavy atom. The third-order valence-corrected chi connectivity index (χ3v) is 5.91. The molecule has 2 aromatic heterocycles. The van der Waals surface area contributed by atoms with Gasteiger partial charge in [-0.05, 0) is 97.0 Å². The van der Waals surface area contributed by atoms with E-state index in [9.17, 15) is 4.79 Å². The fourth-order valence-electron chi connectivity index (χ4n) is 3.68. The monoisotopic (exact) mass is 442 g/mol. The van der Waals surface area contributed by atoms with Crippen LogP contribution in [0.15, 0.2) is 71.8 Å². The molecule has 4 rings (SSSR count). The molecule has 6 heteroatoms. The van der Waals surface area contributed by atoms with Crippen LogP contribution in [0.3, 0.4) is 0 Å². The van der Waals surface area contributed by atoms with Crippen molar-refractivity contribution < 1.29 is 0 Å². The lowest BCUT2D eigenvalue weighted by molar-refractivity contribution is 0.410. The minimum absolute atomic E-state index is 0.102. The second-order valence-electron chi connectivity index (χ2n) is 8.16. The van der Waals surface area contributed by atoms with Crippen LogP contribution in [0.5, 0.6) is 0 Å². The summed E-state index contributed by atoms with van der Waals surface area (Å²) in [6, 6.07) is 18.1. The molecule has 0 bridgehead atoms. The quantitative estimate of drug-likeness (QED) is 0.414. The van der Waals surface area contributed by atoms with Crippen LogP contribution in [0.4, 0.5) is 5.69 Å². The molecule has 2 N–H and O–H groups in total. The van der Waals surface area contributed by atoms with Gasteiger partial charge in [0.2, 0.25) is 0 Å². The Labute approximate surface area is 193 Å². The van der Waals surface area contributed by atoms with Crippen LogP contribution < -0.4 is 10.9 Å². The number of hydrogen-bond acceptors (Lipinski definition) is 3. The van der Waals surface area contributed by atoms with Gasteiger partial charge in [0, 0.05) is 35.7 Å². The van der Waals surface area contributed by atoms with Crippen molar-refractivity contribution in [2.45, 2.75) is 33.9 Å². The molecule has 4 aromatic rings. The maximum Gasteiger partial charge on any atom is 0.253 e. The largest absolute Gasteiger partial charge is 0.340 e. The second kappa shape index (κ2) is 9.32. The predicted octanol–water partition coefficient (Wildman–Crippen LogP) is 5.25. The zero-order chi connectivity index (χ0) is 22.7. The van der Waals surface area contributed by atoms with Crippen molar-refractivity contribution in [1.82, 2.24) is 14.9 Å². The van der Waals surface area contributed by atoms with E-state index in [-0.39, 0.29) is 5.56 Å². The number of benzene rings is 2. The van der Waals surface area contributed by atoms with E-state index in [1.54, 1.807) is 6.20 Å². The molecule has 0 aliphatic carbocycles. The summed E-state index contributed by atoms with van der Waals surface area (Å²) >= 11 is 5.76. The fourth-order valence-corrected chi connectivity index (χ4v) is 3.93. The summed E-state index contributed by atoms with van der Waals surface area (Å²) in [5, 5.41) is 4.89. The number of pyridine rings is 2. The Hall–Kier alpha value is -3.51. The smallest absolute Gasteiger partial charge is 0.253 e. The van der Waals surface area contributed by atoms with E-state index >= 15 is 0 Å². The normalized spacial score (nSPS) is 10.8. The fraction of sp³-hybridized carbons (Fsp3) is 0.192. The van der Waals surface area contributed by atoms with Gasteiger partial charge in [-0.2, -0.15) is 0 Å². The van der Waals surface area contributed by atoms with Gasteiger partial charge in [0.25, 0.3) is 5.56 Å². The molecule has 0 unspecified atom stereocenters. The molecule has 2 heterocycles. The van der Waals surface area contributed by atoms with E-state index in [2.05, 4.69) is 28.3 Å². The lowest BCUT2D eigenvalue weighted by Crippen LogP contribution is -2.35. The summed E-state index contributed by atoms with van der Waals surface area (Å²) in [4.78, 5) is 22.1. The molecule has 0 atom stereocenters. The molecule has 5 nitrogen and oxygen atoms in total. The van der Waals surface area contributed by atoms with E-state index in [4.69, 9.17) is 12.2 Å². The van der Waals surface area contributed by atoms with Crippen LogP contribution in [0.2, 0.25) is 0 Å². The number of thiocarbonyl (C=S) groups is 1. The number of aromatic nitrogens is 2. The van der Waals surface area contributed by atoms with Gasteiger partial charge in [0.15, 0.2) is 5.11 Å². The summed E-state index contributed by atoms with van der Waals surface area (Å²) < 4.78 is 0. The number of hydrogen-bond donors (Lipinski definition) is 2. The molecule has 0 aliphatic rings. The van der Waals surface area contributed by atoms with Gasteiger partial charge in [0.1, 0.15) is 0 Å². The summed E-state index contributed by atoms with van der Waals surface area (Å²) in [6.07, 6.45) is 3.56. The highest BCUT2D eigenvalue weighted by Gasteiger charge is 2.15. The van der Waals surface area contributed by atoms with Gasteiger partial charge < -0.3 is 15.2 Å². The van der Waals surface area contributed by atoms with Crippen LogP contribution in [0.1, 0.15) is 27.8 Å². The third kappa shape index (κ3) is 5.03. The molecule has 0 saturated carbocycles. The Morgan fingerprint density at radius 2 is 1.84 bits per heavy atom. The molecule has 32 heavy (non-hydrogen) atoms. The Balaban J connectivity index is 1.66. The minimum atomic E-state index is -0.102. The van der Waals surface area contributed by atoms with Crippen LogP contribution in [-0.2, 0) is 13.1 Å². The van der Waals surface area contributed by atoms with E-state index in [0.29, 0.717) is 23.8 Å². The Morgan fingerprint density at radius 1 is 1.03 bits per heavy atom. The number of nitrogens with one attached hydrogen (secondary N) is 2. The van der Waals surface area contributed by atoms with Gasteiger partial charge in [-0.3, -0.25) is 9.78 Å². The van der Waals surface area contributed by atoms with Crippen molar-refractivity contribution in [2.75, 3.05) is 5.32 Å². The molecule has 0 amide bonds. The zero-order valence-corrected chi connectivity index (χ0v) is 19.3. The number of anilines is 1. The van der Waals surface area contributed by atoms with Gasteiger partial charge >= 0.3 is 0 Å². The highest BCUT2D eigenvalue weighted by atomic mass is 32.1.